The minimum Gasteiger partial charge on any atom is -0.388 e. The maximum Gasteiger partial charge on any atom is 0.0802 e. The van der Waals surface area contributed by atoms with Gasteiger partial charge in [-0.05, 0) is 37.8 Å². The van der Waals surface area contributed by atoms with E-state index < -0.39 is 0 Å². The van der Waals surface area contributed by atoms with Crippen LogP contribution in [0.4, 0.5) is 0 Å². The highest BCUT2D eigenvalue weighted by molar-refractivity contribution is 5.17. The lowest BCUT2D eigenvalue weighted by atomic mass is 10.1. The maximum atomic E-state index is 10.1. The fourth-order valence-corrected chi connectivity index (χ4v) is 2.91. The summed E-state index contributed by atoms with van der Waals surface area (Å²) in [7, 11) is 2.18. The van der Waals surface area contributed by atoms with Crippen LogP contribution < -0.4 is 0 Å². The smallest absolute Gasteiger partial charge is 0.0802 e. The van der Waals surface area contributed by atoms with Crippen molar-refractivity contribution in [2.24, 2.45) is 5.92 Å². The van der Waals surface area contributed by atoms with Crippen molar-refractivity contribution in [2.45, 2.75) is 38.2 Å². The van der Waals surface area contributed by atoms with E-state index in [0.29, 0.717) is 0 Å². The van der Waals surface area contributed by atoms with E-state index in [1.807, 2.05) is 30.3 Å². The minimum absolute atomic E-state index is 0.322. The van der Waals surface area contributed by atoms with Crippen LogP contribution in [0.25, 0.3) is 0 Å². The Morgan fingerprint density at radius 1 is 1.22 bits per heavy atom. The van der Waals surface area contributed by atoms with Crippen LogP contribution in [0.1, 0.15) is 43.8 Å². The quantitative estimate of drug-likeness (QED) is 0.834. The maximum absolute atomic E-state index is 10.1. The Morgan fingerprint density at radius 3 is 2.56 bits per heavy atom. The molecule has 1 N–H and O–H groups in total. The summed E-state index contributed by atoms with van der Waals surface area (Å²) in [5.74, 6) is 0.892. The van der Waals surface area contributed by atoms with E-state index in [1.165, 1.54) is 32.2 Å². The summed E-state index contributed by atoms with van der Waals surface area (Å²) in [5, 5.41) is 10.1. The molecule has 0 aromatic heterocycles. The Hall–Kier alpha value is -0.860. The second kappa shape index (κ2) is 6.91. The molecule has 1 unspecified atom stereocenters. The van der Waals surface area contributed by atoms with E-state index in [2.05, 4.69) is 11.9 Å². The van der Waals surface area contributed by atoms with Crippen LogP contribution in [0, 0.1) is 5.92 Å². The van der Waals surface area contributed by atoms with E-state index in [9.17, 15) is 5.11 Å². The van der Waals surface area contributed by atoms with Crippen LogP contribution in [-0.4, -0.2) is 30.1 Å². The molecule has 0 heterocycles. The lowest BCUT2D eigenvalue weighted by Gasteiger charge is -2.22. The van der Waals surface area contributed by atoms with E-state index in [1.54, 1.807) is 0 Å². The van der Waals surface area contributed by atoms with Gasteiger partial charge in [0.1, 0.15) is 0 Å². The highest BCUT2D eigenvalue weighted by Gasteiger charge is 2.17. The van der Waals surface area contributed by atoms with Gasteiger partial charge in [0.25, 0.3) is 0 Å². The van der Waals surface area contributed by atoms with Crippen LogP contribution in [0.15, 0.2) is 30.3 Å². The number of hydrogen-bond acceptors (Lipinski definition) is 2. The molecule has 1 aromatic rings. The average molecular weight is 247 g/mol. The molecular weight excluding hydrogens is 222 g/mol. The first-order chi connectivity index (χ1) is 8.75. The van der Waals surface area contributed by atoms with Crippen LogP contribution in [0.5, 0.6) is 0 Å². The molecule has 100 valence electrons. The molecule has 0 spiro atoms. The topological polar surface area (TPSA) is 23.5 Å². The number of rotatable bonds is 6. The zero-order valence-electron chi connectivity index (χ0n) is 11.4. The Bertz CT molecular complexity index is 332. The molecule has 0 saturated heterocycles. The van der Waals surface area contributed by atoms with E-state index in [-0.39, 0.29) is 6.10 Å². The number of aliphatic hydroxyl groups is 1. The van der Waals surface area contributed by atoms with Gasteiger partial charge in [-0.1, -0.05) is 43.2 Å². The van der Waals surface area contributed by atoms with Crippen LogP contribution >= 0.6 is 0 Å². The predicted octanol–water partition coefficient (Wildman–Crippen LogP) is 3.23. The zero-order chi connectivity index (χ0) is 12.8. The normalized spacial score (nSPS) is 18.4. The summed E-state index contributed by atoms with van der Waals surface area (Å²) in [6.45, 7) is 2.17. The second-order valence-electron chi connectivity index (χ2n) is 5.63. The van der Waals surface area contributed by atoms with Crippen molar-refractivity contribution in [3.05, 3.63) is 35.9 Å². The summed E-state index contributed by atoms with van der Waals surface area (Å²) >= 11 is 0. The van der Waals surface area contributed by atoms with Gasteiger partial charge in [-0.15, -0.1) is 0 Å². The van der Waals surface area contributed by atoms with Gasteiger partial charge < -0.3 is 10.0 Å². The van der Waals surface area contributed by atoms with E-state index in [4.69, 9.17) is 0 Å². The second-order valence-corrected chi connectivity index (χ2v) is 5.63. The number of hydrogen-bond donors (Lipinski definition) is 1. The summed E-state index contributed by atoms with van der Waals surface area (Å²) in [6.07, 6.45) is 6.11. The molecule has 0 bridgehead atoms. The molecule has 2 rings (SSSR count). The number of aliphatic hydroxyl groups excluding tert-OH is 1. The Kier molecular flexibility index (Phi) is 5.21. The minimum atomic E-state index is -0.322. The zero-order valence-corrected chi connectivity index (χ0v) is 11.4. The van der Waals surface area contributed by atoms with Crippen molar-refractivity contribution in [1.82, 2.24) is 4.90 Å². The standard InChI is InChI=1S/C16H25NO/c1-17(13-14-7-5-6-8-14)12-11-16(18)15-9-3-2-4-10-15/h2-4,9-10,14,16,18H,5-8,11-13H2,1H3. The number of benzene rings is 1. The van der Waals surface area contributed by atoms with E-state index >= 15 is 0 Å². The third kappa shape index (κ3) is 4.11. The Morgan fingerprint density at radius 2 is 1.89 bits per heavy atom. The van der Waals surface area contributed by atoms with Crippen LogP contribution in [0.3, 0.4) is 0 Å². The van der Waals surface area contributed by atoms with Crippen molar-refractivity contribution in [3.8, 4) is 0 Å². The first-order valence-corrected chi connectivity index (χ1v) is 7.17. The molecule has 0 amide bonds. The molecule has 1 aromatic carbocycles. The highest BCUT2D eigenvalue weighted by Crippen LogP contribution is 2.25. The summed E-state index contributed by atoms with van der Waals surface area (Å²) in [4.78, 5) is 2.38. The number of nitrogens with zero attached hydrogens (tertiary/aromatic N) is 1. The largest absolute Gasteiger partial charge is 0.388 e. The summed E-state index contributed by atoms with van der Waals surface area (Å²) in [5.41, 5.74) is 1.03. The van der Waals surface area contributed by atoms with Gasteiger partial charge in [-0.2, -0.15) is 0 Å². The first-order valence-electron chi connectivity index (χ1n) is 7.17. The molecule has 0 radical (unpaired) electrons. The van der Waals surface area contributed by atoms with Gasteiger partial charge in [-0.3, -0.25) is 0 Å². The van der Waals surface area contributed by atoms with Crippen molar-refractivity contribution in [3.63, 3.8) is 0 Å². The third-order valence-electron chi connectivity index (χ3n) is 4.01. The molecular formula is C16H25NO. The fraction of sp³-hybridized carbons (Fsp3) is 0.625. The highest BCUT2D eigenvalue weighted by atomic mass is 16.3. The van der Waals surface area contributed by atoms with Crippen molar-refractivity contribution in [1.29, 1.82) is 0 Å². The van der Waals surface area contributed by atoms with Crippen molar-refractivity contribution < 1.29 is 5.11 Å². The third-order valence-corrected chi connectivity index (χ3v) is 4.01. The molecule has 0 aliphatic heterocycles. The first kappa shape index (κ1) is 13.6. The van der Waals surface area contributed by atoms with Crippen LogP contribution in [0.2, 0.25) is 0 Å². The summed E-state index contributed by atoms with van der Waals surface area (Å²) in [6, 6.07) is 9.97. The molecule has 2 nitrogen and oxygen atoms in total. The molecule has 1 fully saturated rings. The molecule has 1 saturated carbocycles. The molecule has 1 aliphatic rings. The van der Waals surface area contributed by atoms with Gasteiger partial charge in [0, 0.05) is 13.1 Å². The summed E-state index contributed by atoms with van der Waals surface area (Å²) < 4.78 is 0. The molecule has 18 heavy (non-hydrogen) atoms. The predicted molar refractivity (Wildman–Crippen MR) is 75.5 cm³/mol. The van der Waals surface area contributed by atoms with Crippen LogP contribution in [-0.2, 0) is 0 Å². The fourth-order valence-electron chi connectivity index (χ4n) is 2.91. The van der Waals surface area contributed by atoms with Crippen molar-refractivity contribution >= 4 is 0 Å². The van der Waals surface area contributed by atoms with Gasteiger partial charge in [0.2, 0.25) is 0 Å². The van der Waals surface area contributed by atoms with Gasteiger partial charge in [0.15, 0.2) is 0 Å². The van der Waals surface area contributed by atoms with Gasteiger partial charge in [0.05, 0.1) is 6.10 Å². The lowest BCUT2D eigenvalue weighted by Crippen LogP contribution is -2.26. The average Bonchev–Trinajstić information content (AvgIpc) is 2.90. The molecule has 2 heteroatoms. The molecule has 1 aliphatic carbocycles. The SMILES string of the molecule is CN(CCC(O)c1ccccc1)CC1CCCC1. The lowest BCUT2D eigenvalue weighted by molar-refractivity contribution is 0.144. The van der Waals surface area contributed by atoms with E-state index in [0.717, 1.165) is 24.4 Å². The Labute approximate surface area is 111 Å². The van der Waals surface area contributed by atoms with Gasteiger partial charge in [-0.25, -0.2) is 0 Å². The van der Waals surface area contributed by atoms with Gasteiger partial charge >= 0.3 is 0 Å². The monoisotopic (exact) mass is 247 g/mol. The Balaban J connectivity index is 1.70. The molecule has 1 atom stereocenters. The van der Waals surface area contributed by atoms with Crippen molar-refractivity contribution in [2.75, 3.05) is 20.1 Å².